The summed E-state index contributed by atoms with van der Waals surface area (Å²) in [6, 6.07) is 13.6. The van der Waals surface area contributed by atoms with Crippen molar-refractivity contribution in [3.8, 4) is 0 Å². The largest absolute Gasteiger partial charge is 0.378 e. The normalized spacial score (nSPS) is 12.1. The van der Waals surface area contributed by atoms with Crippen molar-refractivity contribution >= 4 is 5.69 Å². The molecule has 2 rings (SSSR count). The van der Waals surface area contributed by atoms with Crippen LogP contribution in [-0.2, 0) is 0 Å². The summed E-state index contributed by atoms with van der Waals surface area (Å²) in [5.41, 5.74) is 1.62. The first kappa shape index (κ1) is 15.5. The van der Waals surface area contributed by atoms with Crippen molar-refractivity contribution in [3.05, 3.63) is 65.7 Å². The third-order valence-corrected chi connectivity index (χ3v) is 3.50. The Balaban J connectivity index is 2.15. The summed E-state index contributed by atoms with van der Waals surface area (Å²) in [4.78, 5) is 0. The number of hydrogen-bond acceptors (Lipinski definition) is 1. The summed E-state index contributed by atoms with van der Waals surface area (Å²) in [5, 5.41) is 3.26. The molecule has 2 aromatic rings. The van der Waals surface area contributed by atoms with E-state index in [4.69, 9.17) is 0 Å². The van der Waals surface area contributed by atoms with Crippen LogP contribution in [0.25, 0.3) is 0 Å². The molecule has 0 fully saturated rings. The Morgan fingerprint density at radius 2 is 1.62 bits per heavy atom. The molecule has 0 aromatic heterocycles. The molecule has 0 aliphatic heterocycles. The summed E-state index contributed by atoms with van der Waals surface area (Å²) in [6.07, 6.45) is 4.33. The lowest BCUT2D eigenvalue weighted by molar-refractivity contribution is 0.580. The molecule has 1 nitrogen and oxygen atoms in total. The van der Waals surface area contributed by atoms with Crippen molar-refractivity contribution in [2.75, 3.05) is 5.32 Å². The molecule has 3 heteroatoms. The Labute approximate surface area is 125 Å². The maximum atomic E-state index is 13.3. The fourth-order valence-corrected chi connectivity index (χ4v) is 2.44. The molecule has 112 valence electrons. The predicted octanol–water partition coefficient (Wildman–Crippen LogP) is 5.70. The van der Waals surface area contributed by atoms with Gasteiger partial charge in [0.25, 0.3) is 0 Å². The van der Waals surface area contributed by atoms with Gasteiger partial charge in [-0.15, -0.1) is 0 Å². The van der Waals surface area contributed by atoms with Gasteiger partial charge in [0.15, 0.2) is 0 Å². The quantitative estimate of drug-likeness (QED) is 0.645. The van der Waals surface area contributed by atoms with Gasteiger partial charge in [0.2, 0.25) is 0 Å². The van der Waals surface area contributed by atoms with Gasteiger partial charge in [-0.3, -0.25) is 0 Å². The van der Waals surface area contributed by atoms with Crippen molar-refractivity contribution < 1.29 is 8.78 Å². The third-order valence-electron chi connectivity index (χ3n) is 3.50. The Hall–Kier alpha value is -1.90. The van der Waals surface area contributed by atoms with E-state index >= 15 is 0 Å². The minimum atomic E-state index is -0.558. The van der Waals surface area contributed by atoms with Gasteiger partial charge in [0, 0.05) is 11.8 Å². The molecular formula is C18H21F2N. The average molecular weight is 289 g/mol. The monoisotopic (exact) mass is 289 g/mol. The molecule has 0 heterocycles. The highest BCUT2D eigenvalue weighted by atomic mass is 19.1. The summed E-state index contributed by atoms with van der Waals surface area (Å²) in [5.74, 6) is -1.12. The molecular weight excluding hydrogens is 268 g/mol. The molecule has 0 bridgehead atoms. The van der Waals surface area contributed by atoms with Gasteiger partial charge in [0.1, 0.15) is 11.6 Å². The van der Waals surface area contributed by atoms with Gasteiger partial charge >= 0.3 is 0 Å². The van der Waals surface area contributed by atoms with Crippen LogP contribution in [0.3, 0.4) is 0 Å². The molecule has 0 saturated heterocycles. The van der Waals surface area contributed by atoms with Crippen molar-refractivity contribution in [1.82, 2.24) is 0 Å². The SMILES string of the molecule is CCCCCC(Nc1cc(F)cc(F)c1)c1ccccc1. The highest BCUT2D eigenvalue weighted by Crippen LogP contribution is 2.25. The second kappa shape index (κ2) is 7.77. The standard InChI is InChI=1S/C18H21F2N/c1-2-3-5-10-18(14-8-6-4-7-9-14)21-17-12-15(19)11-16(20)13-17/h4,6-9,11-13,18,21H,2-3,5,10H2,1H3. The van der Waals surface area contributed by atoms with E-state index in [1.165, 1.54) is 12.1 Å². The van der Waals surface area contributed by atoms with Gasteiger partial charge < -0.3 is 5.32 Å². The maximum absolute atomic E-state index is 13.3. The number of halogens is 2. The Kier molecular flexibility index (Phi) is 5.73. The Morgan fingerprint density at radius 1 is 0.952 bits per heavy atom. The van der Waals surface area contributed by atoms with E-state index in [9.17, 15) is 8.78 Å². The second-order valence-electron chi connectivity index (χ2n) is 5.26. The summed E-state index contributed by atoms with van der Waals surface area (Å²) in [7, 11) is 0. The van der Waals surface area contributed by atoms with E-state index in [-0.39, 0.29) is 6.04 Å². The fourth-order valence-electron chi connectivity index (χ4n) is 2.44. The maximum Gasteiger partial charge on any atom is 0.128 e. The van der Waals surface area contributed by atoms with E-state index in [1.54, 1.807) is 0 Å². The van der Waals surface area contributed by atoms with Gasteiger partial charge in [-0.1, -0.05) is 56.5 Å². The van der Waals surface area contributed by atoms with Crippen LogP contribution >= 0.6 is 0 Å². The van der Waals surface area contributed by atoms with Crippen LogP contribution in [0.5, 0.6) is 0 Å². The lowest BCUT2D eigenvalue weighted by Gasteiger charge is -2.20. The highest BCUT2D eigenvalue weighted by Gasteiger charge is 2.12. The van der Waals surface area contributed by atoms with E-state index in [0.29, 0.717) is 5.69 Å². The number of benzene rings is 2. The highest BCUT2D eigenvalue weighted by molar-refractivity contribution is 5.46. The van der Waals surface area contributed by atoms with Crippen molar-refractivity contribution in [1.29, 1.82) is 0 Å². The van der Waals surface area contributed by atoms with Gasteiger partial charge in [-0.05, 0) is 24.1 Å². The number of nitrogens with one attached hydrogen (secondary N) is 1. The predicted molar refractivity (Wildman–Crippen MR) is 83.3 cm³/mol. The van der Waals surface area contributed by atoms with Gasteiger partial charge in [0.05, 0.1) is 6.04 Å². The topological polar surface area (TPSA) is 12.0 Å². The van der Waals surface area contributed by atoms with Crippen molar-refractivity contribution in [2.45, 2.75) is 38.6 Å². The minimum Gasteiger partial charge on any atom is -0.378 e. The molecule has 0 aliphatic carbocycles. The molecule has 0 saturated carbocycles. The number of anilines is 1. The molecule has 2 aromatic carbocycles. The van der Waals surface area contributed by atoms with Crippen LogP contribution in [0, 0.1) is 11.6 Å². The van der Waals surface area contributed by atoms with Crippen LogP contribution in [0.15, 0.2) is 48.5 Å². The molecule has 0 amide bonds. The first-order valence-electron chi connectivity index (χ1n) is 7.46. The smallest absolute Gasteiger partial charge is 0.128 e. The van der Waals surface area contributed by atoms with Crippen molar-refractivity contribution in [2.24, 2.45) is 0 Å². The molecule has 21 heavy (non-hydrogen) atoms. The van der Waals surface area contributed by atoms with Crippen LogP contribution < -0.4 is 5.32 Å². The van der Waals surface area contributed by atoms with Crippen LogP contribution in [-0.4, -0.2) is 0 Å². The number of unbranched alkanes of at least 4 members (excludes halogenated alkanes) is 2. The van der Waals surface area contributed by atoms with Crippen molar-refractivity contribution in [3.63, 3.8) is 0 Å². The van der Waals surface area contributed by atoms with Gasteiger partial charge in [-0.25, -0.2) is 8.78 Å². The molecule has 0 spiro atoms. The number of rotatable bonds is 7. The van der Waals surface area contributed by atoms with Crippen LogP contribution in [0.4, 0.5) is 14.5 Å². The fraction of sp³-hybridized carbons (Fsp3) is 0.333. The first-order chi connectivity index (χ1) is 10.2. The van der Waals surface area contributed by atoms with Crippen LogP contribution in [0.2, 0.25) is 0 Å². The summed E-state index contributed by atoms with van der Waals surface area (Å²) < 4.78 is 26.6. The van der Waals surface area contributed by atoms with Crippen LogP contribution in [0.1, 0.15) is 44.2 Å². The Morgan fingerprint density at radius 3 is 2.24 bits per heavy atom. The zero-order chi connectivity index (χ0) is 15.1. The first-order valence-corrected chi connectivity index (χ1v) is 7.46. The summed E-state index contributed by atoms with van der Waals surface area (Å²) in [6.45, 7) is 2.16. The van der Waals surface area contributed by atoms with E-state index in [2.05, 4.69) is 12.2 Å². The Bertz CT molecular complexity index is 534. The second-order valence-corrected chi connectivity index (χ2v) is 5.26. The van der Waals surface area contributed by atoms with E-state index < -0.39 is 11.6 Å². The third kappa shape index (κ3) is 4.85. The average Bonchev–Trinajstić information content (AvgIpc) is 2.46. The lowest BCUT2D eigenvalue weighted by atomic mass is 10.00. The molecule has 1 atom stereocenters. The lowest BCUT2D eigenvalue weighted by Crippen LogP contribution is -2.11. The summed E-state index contributed by atoms with van der Waals surface area (Å²) >= 11 is 0. The minimum absolute atomic E-state index is 0.0685. The van der Waals surface area contributed by atoms with E-state index in [0.717, 1.165) is 37.3 Å². The zero-order valence-corrected chi connectivity index (χ0v) is 12.3. The van der Waals surface area contributed by atoms with E-state index in [1.807, 2.05) is 30.3 Å². The number of hydrogen-bond donors (Lipinski definition) is 1. The molecule has 0 aliphatic rings. The molecule has 0 radical (unpaired) electrons. The zero-order valence-electron chi connectivity index (χ0n) is 12.3. The molecule has 1 unspecified atom stereocenters. The molecule has 1 N–H and O–H groups in total. The van der Waals surface area contributed by atoms with Gasteiger partial charge in [-0.2, -0.15) is 0 Å².